The van der Waals surface area contributed by atoms with Crippen molar-refractivity contribution in [3.63, 3.8) is 0 Å². The van der Waals surface area contributed by atoms with E-state index in [4.69, 9.17) is 11.6 Å². The third kappa shape index (κ3) is 4.16. The molecule has 24 heavy (non-hydrogen) atoms. The number of carbonyl (C=O) groups excluding carboxylic acids is 1. The maximum atomic E-state index is 12.2. The van der Waals surface area contributed by atoms with Crippen molar-refractivity contribution < 1.29 is 13.2 Å². The first-order valence-electron chi connectivity index (χ1n) is 7.51. The van der Waals surface area contributed by atoms with E-state index in [2.05, 4.69) is 4.72 Å². The minimum absolute atomic E-state index is 0.0218. The molecule has 1 unspecified atom stereocenters. The van der Waals surface area contributed by atoms with E-state index in [0.717, 1.165) is 16.9 Å². The average molecular weight is 385 g/mol. The molecule has 2 aromatic rings. The van der Waals surface area contributed by atoms with Crippen LogP contribution in [-0.4, -0.2) is 32.3 Å². The number of halogens is 1. The molecule has 5 nitrogen and oxygen atoms in total. The summed E-state index contributed by atoms with van der Waals surface area (Å²) in [7, 11) is -3.57. The standard InChI is InChI=1S/C16H17ClN2O3S2/c17-14-6-7-16(23-14)24(21,22)18-9-13-8-15(20)19(11-13)10-12-4-2-1-3-5-12/h1-7,13,18H,8-11H2. The maximum absolute atomic E-state index is 12.2. The molecule has 128 valence electrons. The zero-order chi connectivity index (χ0) is 17.2. The summed E-state index contributed by atoms with van der Waals surface area (Å²) in [5, 5.41) is 0. The van der Waals surface area contributed by atoms with Gasteiger partial charge in [0.25, 0.3) is 0 Å². The number of likely N-dealkylation sites (tertiary alicyclic amines) is 1. The van der Waals surface area contributed by atoms with Gasteiger partial charge < -0.3 is 4.90 Å². The van der Waals surface area contributed by atoms with Crippen LogP contribution in [0.25, 0.3) is 0 Å². The summed E-state index contributed by atoms with van der Waals surface area (Å²) < 4.78 is 27.6. The van der Waals surface area contributed by atoms with Gasteiger partial charge >= 0.3 is 0 Å². The Kier molecular flexibility index (Phi) is 5.24. The molecular formula is C16H17ClN2O3S2. The number of amides is 1. The van der Waals surface area contributed by atoms with Crippen molar-refractivity contribution in [1.29, 1.82) is 0 Å². The number of benzene rings is 1. The van der Waals surface area contributed by atoms with Crippen molar-refractivity contribution in [1.82, 2.24) is 9.62 Å². The van der Waals surface area contributed by atoms with Crippen LogP contribution in [0.15, 0.2) is 46.7 Å². The van der Waals surface area contributed by atoms with Gasteiger partial charge in [0, 0.05) is 26.1 Å². The second-order valence-corrected chi connectivity index (χ2v) is 9.45. The molecular weight excluding hydrogens is 368 g/mol. The lowest BCUT2D eigenvalue weighted by atomic mass is 10.1. The van der Waals surface area contributed by atoms with Crippen molar-refractivity contribution in [2.24, 2.45) is 5.92 Å². The Morgan fingerprint density at radius 3 is 2.62 bits per heavy atom. The highest BCUT2D eigenvalue weighted by Crippen LogP contribution is 2.26. The van der Waals surface area contributed by atoms with Crippen LogP contribution < -0.4 is 4.72 Å². The van der Waals surface area contributed by atoms with E-state index in [-0.39, 0.29) is 22.6 Å². The minimum atomic E-state index is -3.57. The van der Waals surface area contributed by atoms with E-state index < -0.39 is 10.0 Å². The Balaban J connectivity index is 1.56. The molecule has 1 aromatic heterocycles. The fourth-order valence-corrected chi connectivity index (χ4v) is 5.33. The van der Waals surface area contributed by atoms with Gasteiger partial charge in [-0.2, -0.15) is 0 Å². The molecule has 0 aliphatic carbocycles. The van der Waals surface area contributed by atoms with Crippen LogP contribution in [0, 0.1) is 5.92 Å². The van der Waals surface area contributed by atoms with Crippen molar-refractivity contribution >= 4 is 38.9 Å². The number of carbonyl (C=O) groups is 1. The first kappa shape index (κ1) is 17.4. The number of sulfonamides is 1. The van der Waals surface area contributed by atoms with Crippen LogP contribution in [0.1, 0.15) is 12.0 Å². The number of hydrogen-bond donors (Lipinski definition) is 1. The van der Waals surface area contributed by atoms with Gasteiger partial charge in [0.05, 0.1) is 4.34 Å². The molecule has 1 aliphatic heterocycles. The molecule has 0 bridgehead atoms. The highest BCUT2D eigenvalue weighted by Gasteiger charge is 2.30. The Hall–Kier alpha value is -1.41. The lowest BCUT2D eigenvalue weighted by Gasteiger charge is -2.17. The predicted molar refractivity (Wildman–Crippen MR) is 94.5 cm³/mol. The van der Waals surface area contributed by atoms with Gasteiger partial charge in [-0.05, 0) is 23.6 Å². The van der Waals surface area contributed by atoms with E-state index >= 15 is 0 Å². The summed E-state index contributed by atoms with van der Waals surface area (Å²) in [5.74, 6) is 0.0358. The number of hydrogen-bond acceptors (Lipinski definition) is 4. The molecule has 2 heterocycles. The summed E-state index contributed by atoms with van der Waals surface area (Å²) in [5.41, 5.74) is 1.07. The third-order valence-corrected chi connectivity index (χ3v) is 7.03. The Morgan fingerprint density at radius 1 is 1.21 bits per heavy atom. The number of rotatable bonds is 6. The molecule has 3 rings (SSSR count). The van der Waals surface area contributed by atoms with Crippen LogP contribution in [0.2, 0.25) is 4.34 Å². The quantitative estimate of drug-likeness (QED) is 0.832. The van der Waals surface area contributed by atoms with Crippen molar-refractivity contribution in [2.75, 3.05) is 13.1 Å². The van der Waals surface area contributed by atoms with Crippen molar-refractivity contribution in [3.05, 3.63) is 52.4 Å². The van der Waals surface area contributed by atoms with Gasteiger partial charge in [-0.15, -0.1) is 11.3 Å². The summed E-state index contributed by atoms with van der Waals surface area (Å²) >= 11 is 6.80. The van der Waals surface area contributed by atoms with E-state index in [9.17, 15) is 13.2 Å². The van der Waals surface area contributed by atoms with Crippen molar-refractivity contribution in [3.8, 4) is 0 Å². The van der Waals surface area contributed by atoms with Crippen LogP contribution in [0.3, 0.4) is 0 Å². The predicted octanol–water partition coefficient (Wildman–Crippen LogP) is 2.73. The largest absolute Gasteiger partial charge is 0.338 e. The fourth-order valence-electron chi connectivity index (χ4n) is 2.69. The van der Waals surface area contributed by atoms with Gasteiger partial charge in [0.2, 0.25) is 15.9 Å². The minimum Gasteiger partial charge on any atom is -0.338 e. The maximum Gasteiger partial charge on any atom is 0.250 e. The van der Waals surface area contributed by atoms with Crippen LogP contribution in [-0.2, 0) is 21.4 Å². The fraction of sp³-hybridized carbons (Fsp3) is 0.312. The Labute approximate surface area is 150 Å². The van der Waals surface area contributed by atoms with Gasteiger partial charge in [0.1, 0.15) is 4.21 Å². The highest BCUT2D eigenvalue weighted by molar-refractivity contribution is 7.91. The summed E-state index contributed by atoms with van der Waals surface area (Å²) in [6, 6.07) is 12.8. The van der Waals surface area contributed by atoms with E-state index in [1.807, 2.05) is 30.3 Å². The molecule has 8 heteroatoms. The monoisotopic (exact) mass is 384 g/mol. The van der Waals surface area contributed by atoms with E-state index in [1.54, 1.807) is 11.0 Å². The summed E-state index contributed by atoms with van der Waals surface area (Å²) in [4.78, 5) is 13.9. The second kappa shape index (κ2) is 7.23. The van der Waals surface area contributed by atoms with Crippen molar-refractivity contribution in [2.45, 2.75) is 17.2 Å². The summed E-state index contributed by atoms with van der Waals surface area (Å²) in [6.07, 6.45) is 0.362. The number of nitrogens with one attached hydrogen (secondary N) is 1. The van der Waals surface area contributed by atoms with E-state index in [0.29, 0.717) is 23.8 Å². The smallest absolute Gasteiger partial charge is 0.250 e. The Morgan fingerprint density at radius 2 is 1.96 bits per heavy atom. The molecule has 1 amide bonds. The first-order chi connectivity index (χ1) is 11.4. The van der Waals surface area contributed by atoms with Gasteiger partial charge in [0.15, 0.2) is 0 Å². The lowest BCUT2D eigenvalue weighted by molar-refractivity contribution is -0.128. The zero-order valence-electron chi connectivity index (χ0n) is 12.8. The highest BCUT2D eigenvalue weighted by atomic mass is 35.5. The Bertz CT molecular complexity index is 821. The topological polar surface area (TPSA) is 66.5 Å². The first-order valence-corrected chi connectivity index (χ1v) is 10.2. The molecule has 1 atom stereocenters. The number of thiophene rings is 1. The molecule has 0 saturated carbocycles. The normalized spacial score (nSPS) is 18.3. The SMILES string of the molecule is O=C1CC(CNS(=O)(=O)c2ccc(Cl)s2)CN1Cc1ccccc1. The molecule has 1 N–H and O–H groups in total. The molecule has 1 fully saturated rings. The molecule has 1 aromatic carbocycles. The van der Waals surface area contributed by atoms with Gasteiger partial charge in [-0.3, -0.25) is 4.79 Å². The molecule has 0 radical (unpaired) electrons. The second-order valence-electron chi connectivity index (χ2n) is 5.74. The zero-order valence-corrected chi connectivity index (χ0v) is 15.2. The molecule has 1 aliphatic rings. The van der Waals surface area contributed by atoms with Gasteiger partial charge in [-0.1, -0.05) is 41.9 Å². The average Bonchev–Trinajstić information content (AvgIpc) is 3.14. The van der Waals surface area contributed by atoms with Gasteiger partial charge in [-0.25, -0.2) is 13.1 Å². The summed E-state index contributed by atoms with van der Waals surface area (Å²) in [6.45, 7) is 1.36. The molecule has 1 saturated heterocycles. The molecule has 0 spiro atoms. The van der Waals surface area contributed by atoms with Crippen LogP contribution in [0.5, 0.6) is 0 Å². The van der Waals surface area contributed by atoms with Crippen LogP contribution >= 0.6 is 22.9 Å². The van der Waals surface area contributed by atoms with E-state index in [1.165, 1.54) is 6.07 Å². The number of nitrogens with zero attached hydrogens (tertiary/aromatic N) is 1. The lowest BCUT2D eigenvalue weighted by Crippen LogP contribution is -2.30. The third-order valence-electron chi connectivity index (χ3n) is 3.89. The van der Waals surface area contributed by atoms with Crippen LogP contribution in [0.4, 0.5) is 0 Å².